The van der Waals surface area contributed by atoms with Gasteiger partial charge in [-0.15, -0.1) is 0 Å². The highest BCUT2D eigenvalue weighted by molar-refractivity contribution is 6.07. The molecule has 2 amide bonds. The molecule has 0 aromatic heterocycles. The fourth-order valence-corrected chi connectivity index (χ4v) is 1.85. The average Bonchev–Trinajstić information content (AvgIpc) is 2.71. The molecule has 18 heavy (non-hydrogen) atoms. The molecule has 1 atom stereocenters. The molecule has 94 valence electrons. The molecule has 5 nitrogen and oxygen atoms in total. The van der Waals surface area contributed by atoms with Gasteiger partial charge in [-0.25, -0.2) is 4.39 Å². The van der Waals surface area contributed by atoms with Crippen molar-refractivity contribution in [2.75, 3.05) is 6.54 Å². The van der Waals surface area contributed by atoms with Gasteiger partial charge in [-0.05, 0) is 12.1 Å². The van der Waals surface area contributed by atoms with Gasteiger partial charge in [-0.2, -0.15) is 0 Å². The van der Waals surface area contributed by atoms with E-state index in [-0.39, 0.29) is 18.5 Å². The number of hydrogen-bond acceptors (Lipinski definition) is 3. The number of nitrogens with zero attached hydrogens (tertiary/aromatic N) is 1. The minimum Gasteiger partial charge on any atom is -0.481 e. The topological polar surface area (TPSA) is 74.7 Å². The van der Waals surface area contributed by atoms with Crippen LogP contribution >= 0.6 is 0 Å². The molecular formula is C12H10FNO4. The molecule has 1 heterocycles. The van der Waals surface area contributed by atoms with Crippen molar-refractivity contribution in [3.8, 4) is 0 Å². The molecule has 0 bridgehead atoms. The Bertz CT molecular complexity index is 529. The zero-order chi connectivity index (χ0) is 13.3. The first-order valence-electron chi connectivity index (χ1n) is 5.32. The summed E-state index contributed by atoms with van der Waals surface area (Å²) in [5, 5.41) is 8.79. The van der Waals surface area contributed by atoms with Gasteiger partial charge in [-0.1, -0.05) is 12.1 Å². The third kappa shape index (κ3) is 2.09. The van der Waals surface area contributed by atoms with E-state index in [4.69, 9.17) is 5.11 Å². The molecular weight excluding hydrogens is 241 g/mol. The van der Waals surface area contributed by atoms with Gasteiger partial charge in [0.2, 0.25) is 5.91 Å². The molecule has 1 aliphatic heterocycles. The van der Waals surface area contributed by atoms with Crippen LogP contribution in [0, 0.1) is 11.7 Å². The summed E-state index contributed by atoms with van der Waals surface area (Å²) < 4.78 is 13.4. The largest absolute Gasteiger partial charge is 0.481 e. The summed E-state index contributed by atoms with van der Waals surface area (Å²) >= 11 is 0. The summed E-state index contributed by atoms with van der Waals surface area (Å²) in [5.74, 6) is -4.15. The average molecular weight is 251 g/mol. The first kappa shape index (κ1) is 12.2. The number of halogens is 1. The lowest BCUT2D eigenvalue weighted by Gasteiger charge is -2.14. The summed E-state index contributed by atoms with van der Waals surface area (Å²) in [6.07, 6.45) is -0.227. The molecule has 1 aromatic rings. The molecule has 1 fully saturated rings. The fraction of sp³-hybridized carbons (Fsp3) is 0.250. The molecule has 1 aromatic carbocycles. The van der Waals surface area contributed by atoms with Crippen LogP contribution in [-0.2, 0) is 9.59 Å². The predicted octanol–water partition coefficient (Wildman–Crippen LogP) is 0.899. The van der Waals surface area contributed by atoms with Gasteiger partial charge in [0, 0.05) is 13.0 Å². The molecule has 2 rings (SSSR count). The lowest BCUT2D eigenvalue weighted by molar-refractivity contribution is -0.141. The minimum absolute atomic E-state index is 0.207. The van der Waals surface area contributed by atoms with Crippen molar-refractivity contribution in [1.82, 2.24) is 4.90 Å². The van der Waals surface area contributed by atoms with Crippen molar-refractivity contribution in [2.24, 2.45) is 5.92 Å². The second-order valence-electron chi connectivity index (χ2n) is 4.03. The predicted molar refractivity (Wildman–Crippen MR) is 58.2 cm³/mol. The first-order chi connectivity index (χ1) is 8.50. The highest BCUT2D eigenvalue weighted by atomic mass is 19.1. The Morgan fingerprint density at radius 1 is 1.33 bits per heavy atom. The van der Waals surface area contributed by atoms with Crippen LogP contribution in [-0.4, -0.2) is 34.3 Å². The third-order valence-electron chi connectivity index (χ3n) is 2.82. The second kappa shape index (κ2) is 4.56. The summed E-state index contributed by atoms with van der Waals surface area (Å²) in [6, 6.07) is 5.28. The lowest BCUT2D eigenvalue weighted by Crippen LogP contribution is -2.33. The van der Waals surface area contributed by atoms with E-state index in [1.165, 1.54) is 18.2 Å². The smallest absolute Gasteiger partial charge is 0.308 e. The highest BCUT2D eigenvalue weighted by Crippen LogP contribution is 2.21. The zero-order valence-electron chi connectivity index (χ0n) is 9.30. The number of hydrogen-bond donors (Lipinski definition) is 1. The van der Waals surface area contributed by atoms with Gasteiger partial charge in [0.05, 0.1) is 11.5 Å². The van der Waals surface area contributed by atoms with Gasteiger partial charge in [0.15, 0.2) is 0 Å². The highest BCUT2D eigenvalue weighted by Gasteiger charge is 2.38. The Morgan fingerprint density at radius 2 is 2.00 bits per heavy atom. The zero-order valence-corrected chi connectivity index (χ0v) is 9.30. The Balaban J connectivity index is 2.23. The van der Waals surface area contributed by atoms with Crippen LogP contribution < -0.4 is 0 Å². The lowest BCUT2D eigenvalue weighted by atomic mass is 10.1. The standard InChI is InChI=1S/C12H10FNO4/c13-9-4-2-1-3-8(9)11(16)14-6-7(12(17)18)5-10(14)15/h1-4,7H,5-6H2,(H,17,18). The van der Waals surface area contributed by atoms with Crippen molar-refractivity contribution in [2.45, 2.75) is 6.42 Å². The SMILES string of the molecule is O=C(O)C1CC(=O)N(C(=O)c2ccccc2F)C1. The monoisotopic (exact) mass is 251 g/mol. The van der Waals surface area contributed by atoms with E-state index < -0.39 is 29.5 Å². The Kier molecular flexibility index (Phi) is 3.10. The van der Waals surface area contributed by atoms with Crippen molar-refractivity contribution < 1.29 is 23.9 Å². The maximum Gasteiger partial charge on any atom is 0.308 e. The number of likely N-dealkylation sites (tertiary alicyclic amines) is 1. The minimum atomic E-state index is -1.13. The number of carbonyl (C=O) groups is 3. The number of rotatable bonds is 2. The molecule has 1 aliphatic rings. The van der Waals surface area contributed by atoms with Crippen molar-refractivity contribution >= 4 is 17.8 Å². The molecule has 0 saturated carbocycles. The third-order valence-corrected chi connectivity index (χ3v) is 2.82. The van der Waals surface area contributed by atoms with Gasteiger partial charge in [0.1, 0.15) is 5.82 Å². The second-order valence-corrected chi connectivity index (χ2v) is 4.03. The van der Waals surface area contributed by atoms with Gasteiger partial charge in [-0.3, -0.25) is 19.3 Å². The summed E-state index contributed by atoms with van der Waals surface area (Å²) in [6.45, 7) is -0.207. The van der Waals surface area contributed by atoms with Crippen LogP contribution in [0.5, 0.6) is 0 Å². The van der Waals surface area contributed by atoms with Gasteiger partial charge >= 0.3 is 5.97 Å². The quantitative estimate of drug-likeness (QED) is 0.792. The van der Waals surface area contributed by atoms with Crippen LogP contribution in [0.3, 0.4) is 0 Å². The maximum absolute atomic E-state index is 13.4. The van der Waals surface area contributed by atoms with E-state index in [9.17, 15) is 18.8 Å². The molecule has 0 aliphatic carbocycles. The summed E-state index contributed by atoms with van der Waals surface area (Å²) in [7, 11) is 0. The number of amides is 2. The van der Waals surface area contributed by atoms with Crippen molar-refractivity contribution in [3.05, 3.63) is 35.6 Å². The van der Waals surface area contributed by atoms with Crippen LogP contribution in [0.4, 0.5) is 4.39 Å². The van der Waals surface area contributed by atoms with E-state index in [1.54, 1.807) is 0 Å². The molecule has 0 radical (unpaired) electrons. The van der Waals surface area contributed by atoms with Crippen LogP contribution in [0.2, 0.25) is 0 Å². The Labute approximate surface area is 102 Å². The number of imide groups is 1. The van der Waals surface area contributed by atoms with Gasteiger partial charge in [0.25, 0.3) is 5.91 Å². The van der Waals surface area contributed by atoms with Crippen LogP contribution in [0.25, 0.3) is 0 Å². The Hall–Kier alpha value is -2.24. The van der Waals surface area contributed by atoms with E-state index in [2.05, 4.69) is 0 Å². The Morgan fingerprint density at radius 3 is 2.56 bits per heavy atom. The normalized spacial score (nSPS) is 19.1. The van der Waals surface area contributed by atoms with Gasteiger partial charge < -0.3 is 5.11 Å². The summed E-state index contributed by atoms with van der Waals surface area (Å²) in [5.41, 5.74) is -0.225. The van der Waals surface area contributed by atoms with Crippen molar-refractivity contribution in [1.29, 1.82) is 0 Å². The van der Waals surface area contributed by atoms with Crippen LogP contribution in [0.1, 0.15) is 16.8 Å². The molecule has 6 heteroatoms. The number of carbonyl (C=O) groups excluding carboxylic acids is 2. The molecule has 1 N–H and O–H groups in total. The van der Waals surface area contributed by atoms with E-state index in [1.807, 2.05) is 0 Å². The van der Waals surface area contributed by atoms with E-state index >= 15 is 0 Å². The summed E-state index contributed by atoms with van der Waals surface area (Å²) in [4.78, 5) is 35.0. The molecule has 0 spiro atoms. The molecule has 1 unspecified atom stereocenters. The first-order valence-corrected chi connectivity index (χ1v) is 5.32. The van der Waals surface area contributed by atoms with E-state index in [0.29, 0.717) is 0 Å². The fourth-order valence-electron chi connectivity index (χ4n) is 1.85. The maximum atomic E-state index is 13.4. The number of aliphatic carboxylic acids is 1. The number of carboxylic acids is 1. The van der Waals surface area contributed by atoms with Crippen molar-refractivity contribution in [3.63, 3.8) is 0 Å². The molecule has 1 saturated heterocycles. The number of carboxylic acid groups (broad SMARTS) is 1. The van der Waals surface area contributed by atoms with E-state index in [0.717, 1.165) is 11.0 Å². The number of benzene rings is 1. The van der Waals surface area contributed by atoms with Crippen LogP contribution in [0.15, 0.2) is 24.3 Å².